The van der Waals surface area contributed by atoms with Gasteiger partial charge in [-0.2, -0.15) is 12.8 Å². The number of hydrogen-bond acceptors (Lipinski definition) is 4. The second-order valence-electron chi connectivity index (χ2n) is 2.10. The van der Waals surface area contributed by atoms with Crippen molar-refractivity contribution in [3.05, 3.63) is 18.1 Å². The van der Waals surface area contributed by atoms with Gasteiger partial charge in [-0.05, 0) is 0 Å². The van der Waals surface area contributed by atoms with Crippen molar-refractivity contribution in [1.29, 1.82) is 0 Å². The lowest BCUT2D eigenvalue weighted by atomic mass is 10.4. The quantitative estimate of drug-likeness (QED) is 0.592. The highest BCUT2D eigenvalue weighted by Gasteiger charge is 2.16. The summed E-state index contributed by atoms with van der Waals surface area (Å²) in [6.45, 7) is 0. The minimum absolute atomic E-state index is 0.215. The second kappa shape index (κ2) is 2.24. The number of rotatable bonds is 0. The minimum atomic E-state index is -3.58. The predicted octanol–water partition coefficient (Wildman–Crippen LogP) is -0.434. The first kappa shape index (κ1) is 7.17. The van der Waals surface area contributed by atoms with Gasteiger partial charge in [-0.3, -0.25) is 0 Å². The van der Waals surface area contributed by atoms with Crippen LogP contribution in [0, 0.1) is 0 Å². The number of fused-ring (bicyclic) bond motifs is 1. The van der Waals surface area contributed by atoms with Crippen molar-refractivity contribution in [2.24, 2.45) is 4.40 Å². The van der Waals surface area contributed by atoms with E-state index in [-0.39, 0.29) is 5.82 Å². The molecule has 6 nitrogen and oxygen atoms in total. The van der Waals surface area contributed by atoms with Crippen LogP contribution >= 0.6 is 0 Å². The van der Waals surface area contributed by atoms with E-state index in [0.717, 1.165) is 6.21 Å². The normalized spacial score (nSPS) is 18.0. The van der Waals surface area contributed by atoms with E-state index in [9.17, 15) is 8.42 Å². The number of hydrogen-bond donors (Lipinski definition) is 1. The van der Waals surface area contributed by atoms with Crippen LogP contribution in [-0.4, -0.2) is 24.6 Å². The third-order valence-electron chi connectivity index (χ3n) is 1.27. The first-order valence-electron chi connectivity index (χ1n) is 3.06. The Bertz CT molecular complexity index is 439. The summed E-state index contributed by atoms with van der Waals surface area (Å²) in [7, 11) is -3.58. The smallest absolute Gasteiger partial charge is 0.250 e. The highest BCUT2D eigenvalue weighted by Crippen LogP contribution is 2.12. The second-order valence-corrected chi connectivity index (χ2v) is 3.47. The summed E-state index contributed by atoms with van der Waals surface area (Å²) in [5.74, 6) is 0.215. The van der Waals surface area contributed by atoms with Gasteiger partial charge in [0.2, 0.25) is 0 Å². The maximum atomic E-state index is 10.8. The number of nitrogens with zero attached hydrogens (tertiary/aromatic N) is 3. The molecule has 0 saturated carbocycles. The van der Waals surface area contributed by atoms with E-state index in [4.69, 9.17) is 0 Å². The van der Waals surface area contributed by atoms with Gasteiger partial charge in [0.15, 0.2) is 5.82 Å². The molecule has 2 rings (SSSR count). The predicted molar refractivity (Wildman–Crippen MR) is 42.2 cm³/mol. The third kappa shape index (κ3) is 1.14. The van der Waals surface area contributed by atoms with E-state index in [1.165, 1.54) is 12.4 Å². The molecule has 62 valence electrons. The number of aromatic nitrogens is 2. The van der Waals surface area contributed by atoms with Crippen LogP contribution in [0.4, 0.5) is 5.82 Å². The van der Waals surface area contributed by atoms with E-state index in [1.807, 2.05) is 0 Å². The molecule has 1 aromatic heterocycles. The molecule has 0 atom stereocenters. The Kier molecular flexibility index (Phi) is 1.34. The fourth-order valence-corrected chi connectivity index (χ4v) is 1.48. The molecule has 1 aliphatic rings. The standard InChI is InChI=1S/C5H4N4O2S/c10-12(11)8-3-4-5(9-12)7-2-1-6-4/h1-3H,(H,7,9). The molecule has 1 aromatic rings. The van der Waals surface area contributed by atoms with Crippen LogP contribution in [0.15, 0.2) is 16.8 Å². The SMILES string of the molecule is O=S1(=O)N=Cc2nccnc2N1. The molecule has 0 unspecified atom stereocenters. The van der Waals surface area contributed by atoms with Gasteiger partial charge < -0.3 is 0 Å². The third-order valence-corrected chi connectivity index (χ3v) is 2.10. The Balaban J connectivity index is 2.61. The first-order valence-corrected chi connectivity index (χ1v) is 4.50. The largest absolute Gasteiger partial charge is 0.343 e. The summed E-state index contributed by atoms with van der Waals surface area (Å²) >= 11 is 0. The van der Waals surface area contributed by atoms with Crippen LogP contribution in [0.1, 0.15) is 5.69 Å². The molecule has 0 bridgehead atoms. The molecule has 12 heavy (non-hydrogen) atoms. The lowest BCUT2D eigenvalue weighted by Crippen LogP contribution is -2.17. The molecule has 2 heterocycles. The molecule has 0 radical (unpaired) electrons. The first-order chi connectivity index (χ1) is 5.67. The van der Waals surface area contributed by atoms with Gasteiger partial charge in [-0.1, -0.05) is 0 Å². The summed E-state index contributed by atoms with van der Waals surface area (Å²) in [5, 5.41) is 0. The van der Waals surface area contributed by atoms with Gasteiger partial charge in [0.1, 0.15) is 5.69 Å². The Hall–Kier alpha value is -1.50. The van der Waals surface area contributed by atoms with E-state index in [2.05, 4.69) is 19.1 Å². The summed E-state index contributed by atoms with van der Waals surface area (Å²) in [4.78, 5) is 7.62. The Morgan fingerprint density at radius 1 is 1.25 bits per heavy atom. The van der Waals surface area contributed by atoms with Crippen molar-refractivity contribution in [2.75, 3.05) is 4.72 Å². The topological polar surface area (TPSA) is 84.3 Å². The molecule has 7 heteroatoms. The van der Waals surface area contributed by atoms with Crippen LogP contribution in [-0.2, 0) is 10.2 Å². The molecule has 0 amide bonds. The molecule has 1 N–H and O–H groups in total. The zero-order valence-corrected chi connectivity index (χ0v) is 6.61. The van der Waals surface area contributed by atoms with Crippen molar-refractivity contribution in [1.82, 2.24) is 9.97 Å². The molecule has 0 spiro atoms. The molecule has 0 aliphatic carbocycles. The number of anilines is 1. The lowest BCUT2D eigenvalue weighted by molar-refractivity contribution is 0.602. The van der Waals surface area contributed by atoms with Crippen LogP contribution in [0.3, 0.4) is 0 Å². The fraction of sp³-hybridized carbons (Fsp3) is 0. The molecule has 0 saturated heterocycles. The monoisotopic (exact) mass is 184 g/mol. The highest BCUT2D eigenvalue weighted by molar-refractivity contribution is 7.91. The molecular weight excluding hydrogens is 180 g/mol. The van der Waals surface area contributed by atoms with Gasteiger partial charge in [0, 0.05) is 12.4 Å². The van der Waals surface area contributed by atoms with Gasteiger partial charge >= 0.3 is 10.2 Å². The van der Waals surface area contributed by atoms with E-state index < -0.39 is 10.2 Å². The average molecular weight is 184 g/mol. The highest BCUT2D eigenvalue weighted by atomic mass is 32.2. The van der Waals surface area contributed by atoms with Gasteiger partial charge in [0.05, 0.1) is 6.21 Å². The summed E-state index contributed by atoms with van der Waals surface area (Å²) in [5.41, 5.74) is 0.423. The zero-order valence-electron chi connectivity index (χ0n) is 5.80. The van der Waals surface area contributed by atoms with Crippen molar-refractivity contribution >= 4 is 22.2 Å². The summed E-state index contributed by atoms with van der Waals surface area (Å²) in [6.07, 6.45) is 4.03. The van der Waals surface area contributed by atoms with Crippen LogP contribution < -0.4 is 4.72 Å². The molecule has 0 fully saturated rings. The zero-order chi connectivity index (χ0) is 8.60. The maximum absolute atomic E-state index is 10.8. The minimum Gasteiger partial charge on any atom is -0.250 e. The molecule has 0 aromatic carbocycles. The van der Waals surface area contributed by atoms with Gasteiger partial charge in [0.25, 0.3) is 0 Å². The Labute approximate surface area is 68.6 Å². The Morgan fingerprint density at radius 2 is 2.00 bits per heavy atom. The van der Waals surface area contributed by atoms with E-state index in [0.29, 0.717) is 5.69 Å². The molecular formula is C5H4N4O2S. The summed E-state index contributed by atoms with van der Waals surface area (Å²) < 4.78 is 27.0. The van der Waals surface area contributed by atoms with Crippen molar-refractivity contribution in [3.8, 4) is 0 Å². The molecule has 1 aliphatic heterocycles. The van der Waals surface area contributed by atoms with Crippen molar-refractivity contribution in [3.63, 3.8) is 0 Å². The van der Waals surface area contributed by atoms with Crippen LogP contribution in [0.2, 0.25) is 0 Å². The van der Waals surface area contributed by atoms with E-state index >= 15 is 0 Å². The van der Waals surface area contributed by atoms with Crippen molar-refractivity contribution in [2.45, 2.75) is 0 Å². The Morgan fingerprint density at radius 3 is 2.83 bits per heavy atom. The fourth-order valence-electron chi connectivity index (χ4n) is 0.790. The maximum Gasteiger partial charge on any atom is 0.343 e. The number of nitrogens with one attached hydrogen (secondary N) is 1. The lowest BCUT2D eigenvalue weighted by Gasteiger charge is -2.08. The summed E-state index contributed by atoms with van der Waals surface area (Å²) in [6, 6.07) is 0. The van der Waals surface area contributed by atoms with Crippen molar-refractivity contribution < 1.29 is 8.42 Å². The van der Waals surface area contributed by atoms with Crippen LogP contribution in [0.25, 0.3) is 0 Å². The van der Waals surface area contributed by atoms with Gasteiger partial charge in [-0.15, -0.1) is 0 Å². The van der Waals surface area contributed by atoms with Gasteiger partial charge in [-0.25, -0.2) is 14.7 Å². The van der Waals surface area contributed by atoms with Crippen LogP contribution in [0.5, 0.6) is 0 Å². The van der Waals surface area contributed by atoms with E-state index in [1.54, 1.807) is 0 Å². The average Bonchev–Trinajstić information content (AvgIpc) is 2.02.